The zero-order valence-electron chi connectivity index (χ0n) is 7.70. The molecule has 0 spiro atoms. The average molecular weight is 297 g/mol. The SMILES string of the molecule is NS(=O)(=O)CCNc1ccc(Br)cc1F. The fourth-order valence-corrected chi connectivity index (χ4v) is 1.68. The molecule has 15 heavy (non-hydrogen) atoms. The Labute approximate surface area is 95.8 Å². The Bertz CT molecular complexity index is 450. The van der Waals surface area contributed by atoms with Crippen LogP contribution < -0.4 is 10.5 Å². The van der Waals surface area contributed by atoms with E-state index in [1.54, 1.807) is 6.07 Å². The molecule has 0 aliphatic carbocycles. The summed E-state index contributed by atoms with van der Waals surface area (Å²) in [4.78, 5) is 0. The topological polar surface area (TPSA) is 72.2 Å². The van der Waals surface area contributed by atoms with E-state index in [0.717, 1.165) is 0 Å². The molecule has 7 heteroatoms. The minimum atomic E-state index is -3.51. The molecule has 1 aromatic rings. The summed E-state index contributed by atoms with van der Waals surface area (Å²) in [5.41, 5.74) is 0.252. The number of hydrogen-bond acceptors (Lipinski definition) is 3. The molecule has 0 aliphatic rings. The number of sulfonamides is 1. The van der Waals surface area contributed by atoms with Crippen molar-refractivity contribution in [2.45, 2.75) is 0 Å². The number of anilines is 1. The molecule has 0 fully saturated rings. The number of rotatable bonds is 4. The van der Waals surface area contributed by atoms with Crippen molar-refractivity contribution < 1.29 is 12.8 Å². The molecule has 84 valence electrons. The summed E-state index contributed by atoms with van der Waals surface area (Å²) >= 11 is 3.11. The first kappa shape index (κ1) is 12.4. The summed E-state index contributed by atoms with van der Waals surface area (Å²) in [5.74, 6) is -0.679. The zero-order valence-corrected chi connectivity index (χ0v) is 10.1. The summed E-state index contributed by atoms with van der Waals surface area (Å²) in [6.07, 6.45) is 0. The number of nitrogens with one attached hydrogen (secondary N) is 1. The minimum absolute atomic E-state index is 0.0807. The molecule has 1 rings (SSSR count). The van der Waals surface area contributed by atoms with Crippen LogP contribution in [0, 0.1) is 5.82 Å². The zero-order chi connectivity index (χ0) is 11.5. The number of hydrogen-bond donors (Lipinski definition) is 2. The Morgan fingerprint density at radius 3 is 2.67 bits per heavy atom. The van der Waals surface area contributed by atoms with Crippen molar-refractivity contribution in [3.05, 3.63) is 28.5 Å². The van der Waals surface area contributed by atoms with Crippen LogP contribution in [0.4, 0.5) is 10.1 Å². The Morgan fingerprint density at radius 2 is 2.13 bits per heavy atom. The van der Waals surface area contributed by atoms with Crippen molar-refractivity contribution >= 4 is 31.6 Å². The van der Waals surface area contributed by atoms with E-state index in [9.17, 15) is 12.8 Å². The Balaban J connectivity index is 2.59. The van der Waals surface area contributed by atoms with Crippen LogP contribution in [0.1, 0.15) is 0 Å². The first-order valence-corrected chi connectivity index (χ1v) is 6.59. The van der Waals surface area contributed by atoms with Gasteiger partial charge in [0.15, 0.2) is 0 Å². The van der Waals surface area contributed by atoms with E-state index in [-0.39, 0.29) is 18.0 Å². The Kier molecular flexibility index (Phi) is 4.06. The predicted octanol–water partition coefficient (Wildman–Crippen LogP) is 1.29. The van der Waals surface area contributed by atoms with Gasteiger partial charge in [-0.1, -0.05) is 15.9 Å². The van der Waals surface area contributed by atoms with Crippen LogP contribution in [-0.4, -0.2) is 20.7 Å². The maximum absolute atomic E-state index is 13.2. The highest BCUT2D eigenvalue weighted by atomic mass is 79.9. The van der Waals surface area contributed by atoms with E-state index in [1.165, 1.54) is 12.1 Å². The van der Waals surface area contributed by atoms with Gasteiger partial charge in [0.2, 0.25) is 10.0 Å². The van der Waals surface area contributed by atoms with Gasteiger partial charge in [0, 0.05) is 11.0 Å². The molecule has 0 saturated heterocycles. The monoisotopic (exact) mass is 296 g/mol. The summed E-state index contributed by atoms with van der Waals surface area (Å²) in [5, 5.41) is 7.43. The van der Waals surface area contributed by atoms with Crippen LogP contribution in [0.2, 0.25) is 0 Å². The summed E-state index contributed by atoms with van der Waals surface area (Å²) in [6.45, 7) is 0.0807. The highest BCUT2D eigenvalue weighted by Gasteiger charge is 2.04. The van der Waals surface area contributed by atoms with E-state index in [4.69, 9.17) is 5.14 Å². The normalized spacial score (nSPS) is 11.4. The maximum Gasteiger partial charge on any atom is 0.210 e. The van der Waals surface area contributed by atoms with Gasteiger partial charge in [0.05, 0.1) is 11.4 Å². The lowest BCUT2D eigenvalue weighted by molar-refractivity contribution is 0.597. The Morgan fingerprint density at radius 1 is 1.47 bits per heavy atom. The van der Waals surface area contributed by atoms with Crippen molar-refractivity contribution in [2.75, 3.05) is 17.6 Å². The first-order valence-electron chi connectivity index (χ1n) is 4.08. The highest BCUT2D eigenvalue weighted by molar-refractivity contribution is 9.10. The van der Waals surface area contributed by atoms with Gasteiger partial charge in [-0.15, -0.1) is 0 Å². The third kappa shape index (κ3) is 4.59. The molecule has 0 aromatic heterocycles. The Hall–Kier alpha value is -0.660. The van der Waals surface area contributed by atoms with Crippen molar-refractivity contribution in [1.29, 1.82) is 0 Å². The second-order valence-electron chi connectivity index (χ2n) is 2.92. The molecule has 3 N–H and O–H groups in total. The number of nitrogens with two attached hydrogens (primary N) is 1. The quantitative estimate of drug-likeness (QED) is 0.879. The second-order valence-corrected chi connectivity index (χ2v) is 5.57. The molecule has 4 nitrogen and oxygen atoms in total. The summed E-state index contributed by atoms with van der Waals surface area (Å²) < 4.78 is 35.0. The molecule has 0 unspecified atom stereocenters. The van der Waals surface area contributed by atoms with Crippen molar-refractivity contribution in [1.82, 2.24) is 0 Å². The van der Waals surface area contributed by atoms with Crippen LogP contribution in [0.15, 0.2) is 22.7 Å². The first-order chi connectivity index (χ1) is 6.88. The predicted molar refractivity (Wildman–Crippen MR) is 60.6 cm³/mol. The standard InChI is InChI=1S/C8H10BrFN2O2S/c9-6-1-2-8(7(10)5-6)12-3-4-15(11,13)14/h1-2,5,12H,3-4H2,(H2,11,13,14). The summed E-state index contributed by atoms with van der Waals surface area (Å²) in [6, 6.07) is 4.46. The van der Waals surface area contributed by atoms with E-state index >= 15 is 0 Å². The van der Waals surface area contributed by atoms with Crippen LogP contribution in [0.5, 0.6) is 0 Å². The van der Waals surface area contributed by atoms with Gasteiger partial charge < -0.3 is 5.32 Å². The lowest BCUT2D eigenvalue weighted by Crippen LogP contribution is -2.22. The summed E-state index contributed by atoms with van der Waals surface area (Å²) in [7, 11) is -3.51. The molecule has 1 aromatic carbocycles. The smallest absolute Gasteiger partial charge is 0.210 e. The molecule has 0 amide bonds. The number of halogens is 2. The fourth-order valence-electron chi connectivity index (χ4n) is 0.961. The van der Waals surface area contributed by atoms with Crippen molar-refractivity contribution in [3.8, 4) is 0 Å². The van der Waals surface area contributed by atoms with Gasteiger partial charge in [-0.05, 0) is 18.2 Å². The molecule has 0 aliphatic heterocycles. The molecule has 0 saturated carbocycles. The molecule has 0 heterocycles. The van der Waals surface area contributed by atoms with E-state index in [0.29, 0.717) is 4.47 Å². The molecule has 0 bridgehead atoms. The van der Waals surface area contributed by atoms with Crippen molar-refractivity contribution in [2.24, 2.45) is 5.14 Å². The minimum Gasteiger partial charge on any atom is -0.382 e. The molecular formula is C8H10BrFN2O2S. The molecule has 0 atom stereocenters. The largest absolute Gasteiger partial charge is 0.382 e. The number of primary sulfonamides is 1. The lowest BCUT2D eigenvalue weighted by atomic mass is 10.3. The van der Waals surface area contributed by atoms with Crippen molar-refractivity contribution in [3.63, 3.8) is 0 Å². The van der Waals surface area contributed by atoms with Crippen LogP contribution in [0.3, 0.4) is 0 Å². The van der Waals surface area contributed by atoms with E-state index in [1.807, 2.05) is 0 Å². The maximum atomic E-state index is 13.2. The van der Waals surface area contributed by atoms with Gasteiger partial charge in [0.1, 0.15) is 5.82 Å². The average Bonchev–Trinajstić information content (AvgIpc) is 2.07. The van der Waals surface area contributed by atoms with Crippen LogP contribution in [0.25, 0.3) is 0 Å². The van der Waals surface area contributed by atoms with Crippen LogP contribution >= 0.6 is 15.9 Å². The third-order valence-corrected chi connectivity index (χ3v) is 2.90. The van der Waals surface area contributed by atoms with Gasteiger partial charge in [-0.2, -0.15) is 0 Å². The lowest BCUT2D eigenvalue weighted by Gasteiger charge is -2.06. The van der Waals surface area contributed by atoms with Gasteiger partial charge in [0.25, 0.3) is 0 Å². The molecule has 0 radical (unpaired) electrons. The van der Waals surface area contributed by atoms with Gasteiger partial charge in [-0.3, -0.25) is 0 Å². The van der Waals surface area contributed by atoms with Gasteiger partial charge in [-0.25, -0.2) is 17.9 Å². The van der Waals surface area contributed by atoms with E-state index < -0.39 is 15.8 Å². The van der Waals surface area contributed by atoms with E-state index in [2.05, 4.69) is 21.2 Å². The van der Waals surface area contributed by atoms with Gasteiger partial charge >= 0.3 is 0 Å². The molecular weight excluding hydrogens is 287 g/mol. The fraction of sp³-hybridized carbons (Fsp3) is 0.250. The third-order valence-electron chi connectivity index (χ3n) is 1.63. The number of benzene rings is 1. The second kappa shape index (κ2) is 4.91. The highest BCUT2D eigenvalue weighted by Crippen LogP contribution is 2.18. The van der Waals surface area contributed by atoms with Crippen LogP contribution in [-0.2, 0) is 10.0 Å².